The number of rotatable bonds is 15. The third-order valence-corrected chi connectivity index (χ3v) is 12.0. The molecule has 1 unspecified atom stereocenters. The Hall–Kier alpha value is -2.95. The van der Waals surface area contributed by atoms with Crippen LogP contribution in [0.15, 0.2) is 82.6 Å². The summed E-state index contributed by atoms with van der Waals surface area (Å²) in [6.07, 6.45) is 1.01. The summed E-state index contributed by atoms with van der Waals surface area (Å²) in [5.41, 5.74) is 2.30. The molecule has 0 saturated carbocycles. The number of nitrogens with zero attached hydrogens (tertiary/aromatic N) is 1. The number of nitrogens with one attached hydrogen (secondary N) is 3. The zero-order valence-corrected chi connectivity index (χ0v) is 28.0. The number of aliphatic hydroxyl groups is 1. The molecule has 2 saturated heterocycles. The normalized spacial score (nSPS) is 19.2. The quantitative estimate of drug-likeness (QED) is 0.177. The molecule has 2 atom stereocenters. The van der Waals surface area contributed by atoms with Crippen LogP contribution < -0.4 is 20.1 Å². The highest BCUT2D eigenvalue weighted by atomic mass is 32.2. The maximum absolute atomic E-state index is 13.6. The van der Waals surface area contributed by atoms with Crippen LogP contribution in [0, 0.1) is 0 Å². The van der Waals surface area contributed by atoms with Crippen molar-refractivity contribution in [1.82, 2.24) is 19.7 Å². The maximum atomic E-state index is 13.6. The number of ether oxygens (including phenoxy) is 2. The van der Waals surface area contributed by atoms with E-state index < -0.39 is 38.4 Å². The minimum Gasteiger partial charge on any atom is -0.491 e. The molecular weight excluding hydrogens is 648 g/mol. The molecule has 3 aromatic rings. The first-order chi connectivity index (χ1) is 22.5. The largest absolute Gasteiger partial charge is 0.491 e. The molecule has 3 aromatic carbocycles. The SMILES string of the molecule is CNS(=O)(=O)c1cccc(OC[C@@H](O)CNC2COC3(CCN(S(=O)(=O)c4cccc(-c5ccc(CNCCF)cc5)c4)CC3)C2)c1. The van der Waals surface area contributed by atoms with Crippen LogP contribution in [0.2, 0.25) is 0 Å². The second-order valence-electron chi connectivity index (χ2n) is 11.9. The minimum atomic E-state index is -3.71. The molecule has 256 valence electrons. The molecule has 47 heavy (non-hydrogen) atoms. The molecule has 2 heterocycles. The van der Waals surface area contributed by atoms with Gasteiger partial charge in [-0.1, -0.05) is 42.5 Å². The highest BCUT2D eigenvalue weighted by Crippen LogP contribution is 2.37. The Labute approximate surface area is 276 Å². The van der Waals surface area contributed by atoms with Crippen molar-refractivity contribution in [3.05, 3.63) is 78.4 Å². The lowest BCUT2D eigenvalue weighted by molar-refractivity contribution is -0.0312. The third kappa shape index (κ3) is 8.95. The topological polar surface area (TPSA) is 146 Å². The van der Waals surface area contributed by atoms with Crippen molar-refractivity contribution in [2.45, 2.75) is 53.3 Å². The standard InChI is InChI=1S/C33H43FN4O7S2/c1-35-46(40,41)31-6-3-5-30(19-31)44-24-29(39)22-37-28-20-33(45-23-28)12-16-38(17-13-33)47(42,43)32-7-2-4-27(18-32)26-10-8-25(9-11-26)21-36-15-14-34/h2-11,18-19,28-29,35-37,39H,12-17,20-24H2,1H3/t28?,29-/m0/s1. The molecular formula is C33H43FN4O7S2. The fourth-order valence-corrected chi connectivity index (χ4v) is 8.21. The minimum absolute atomic E-state index is 0.000507. The van der Waals surface area contributed by atoms with E-state index in [2.05, 4.69) is 15.4 Å². The van der Waals surface area contributed by atoms with E-state index in [1.165, 1.54) is 23.5 Å². The van der Waals surface area contributed by atoms with Crippen molar-refractivity contribution in [2.24, 2.45) is 0 Å². The van der Waals surface area contributed by atoms with Gasteiger partial charge in [-0.15, -0.1) is 0 Å². The predicted octanol–water partition coefficient (Wildman–Crippen LogP) is 2.66. The molecule has 2 aliphatic rings. The number of benzene rings is 3. The number of piperidine rings is 1. The predicted molar refractivity (Wildman–Crippen MR) is 177 cm³/mol. The van der Waals surface area contributed by atoms with Gasteiger partial charge in [0.1, 0.15) is 25.1 Å². The Morgan fingerprint density at radius 3 is 2.45 bits per heavy atom. The highest BCUT2D eigenvalue weighted by molar-refractivity contribution is 7.89. The molecule has 0 aromatic heterocycles. The second kappa shape index (κ2) is 15.5. The van der Waals surface area contributed by atoms with Gasteiger partial charge in [0.25, 0.3) is 0 Å². The second-order valence-corrected chi connectivity index (χ2v) is 15.8. The molecule has 5 rings (SSSR count). The van der Waals surface area contributed by atoms with E-state index in [0.717, 1.165) is 16.7 Å². The van der Waals surface area contributed by atoms with Crippen LogP contribution in [-0.2, 0) is 31.3 Å². The van der Waals surface area contributed by atoms with Crippen molar-refractivity contribution in [2.75, 3.05) is 53.1 Å². The Bertz CT molecular complexity index is 1700. The maximum Gasteiger partial charge on any atom is 0.243 e. The van der Waals surface area contributed by atoms with Gasteiger partial charge in [0, 0.05) is 44.8 Å². The monoisotopic (exact) mass is 690 g/mol. The fraction of sp³-hybridized carbons (Fsp3) is 0.455. The fourth-order valence-electron chi connectivity index (χ4n) is 5.96. The van der Waals surface area contributed by atoms with Gasteiger partial charge in [0.15, 0.2) is 0 Å². The number of aliphatic hydroxyl groups excluding tert-OH is 1. The van der Waals surface area contributed by atoms with Gasteiger partial charge in [-0.05, 0) is 67.3 Å². The van der Waals surface area contributed by atoms with Crippen LogP contribution in [0.25, 0.3) is 11.1 Å². The van der Waals surface area contributed by atoms with E-state index in [-0.39, 0.29) is 29.0 Å². The molecule has 0 aliphatic carbocycles. The number of halogens is 1. The van der Waals surface area contributed by atoms with Gasteiger partial charge in [0.05, 0.1) is 22.0 Å². The summed E-state index contributed by atoms with van der Waals surface area (Å²) in [6.45, 7) is 1.83. The number of hydrogen-bond acceptors (Lipinski definition) is 9. The average molecular weight is 691 g/mol. The third-order valence-electron chi connectivity index (χ3n) is 8.67. The zero-order valence-electron chi connectivity index (χ0n) is 26.4. The van der Waals surface area contributed by atoms with Crippen LogP contribution in [-0.4, -0.2) is 97.1 Å². The van der Waals surface area contributed by atoms with Crippen molar-refractivity contribution >= 4 is 20.0 Å². The van der Waals surface area contributed by atoms with Crippen LogP contribution in [0.4, 0.5) is 4.39 Å². The van der Waals surface area contributed by atoms with Crippen molar-refractivity contribution in [3.63, 3.8) is 0 Å². The van der Waals surface area contributed by atoms with E-state index in [0.29, 0.717) is 57.8 Å². The van der Waals surface area contributed by atoms with Crippen LogP contribution >= 0.6 is 0 Å². The van der Waals surface area contributed by atoms with E-state index >= 15 is 0 Å². The van der Waals surface area contributed by atoms with E-state index in [1.54, 1.807) is 30.3 Å². The molecule has 1 spiro atoms. The summed E-state index contributed by atoms with van der Waals surface area (Å²) in [5, 5.41) is 16.8. The molecule has 4 N–H and O–H groups in total. The number of sulfonamides is 2. The van der Waals surface area contributed by atoms with Crippen molar-refractivity contribution in [1.29, 1.82) is 0 Å². The molecule has 0 bridgehead atoms. The average Bonchev–Trinajstić information content (AvgIpc) is 3.49. The van der Waals surface area contributed by atoms with E-state index in [9.17, 15) is 26.3 Å². The molecule has 0 radical (unpaired) electrons. The summed E-state index contributed by atoms with van der Waals surface area (Å²) in [6, 6.07) is 20.8. The molecule has 14 heteroatoms. The Morgan fingerprint density at radius 1 is 1.00 bits per heavy atom. The molecule has 2 aliphatic heterocycles. The first kappa shape index (κ1) is 35.4. The molecule has 11 nitrogen and oxygen atoms in total. The summed E-state index contributed by atoms with van der Waals surface area (Å²) in [7, 11) is -5.97. The molecule has 2 fully saturated rings. The summed E-state index contributed by atoms with van der Waals surface area (Å²) in [5.74, 6) is 0.339. The van der Waals surface area contributed by atoms with E-state index in [1.807, 2.05) is 30.3 Å². The van der Waals surface area contributed by atoms with Crippen LogP contribution in [0.1, 0.15) is 24.8 Å². The lowest BCUT2D eigenvalue weighted by Crippen LogP contribution is -2.47. The van der Waals surface area contributed by atoms with Crippen LogP contribution in [0.5, 0.6) is 5.75 Å². The van der Waals surface area contributed by atoms with Crippen molar-refractivity contribution < 1.29 is 35.8 Å². The highest BCUT2D eigenvalue weighted by Gasteiger charge is 2.44. The first-order valence-corrected chi connectivity index (χ1v) is 18.6. The van der Waals surface area contributed by atoms with Gasteiger partial charge in [-0.25, -0.2) is 25.9 Å². The lowest BCUT2D eigenvalue weighted by Gasteiger charge is -2.38. The number of alkyl halides is 1. The Kier molecular flexibility index (Phi) is 11.7. The van der Waals surface area contributed by atoms with Gasteiger partial charge >= 0.3 is 0 Å². The first-order valence-electron chi connectivity index (χ1n) is 15.7. The summed E-state index contributed by atoms with van der Waals surface area (Å²) in [4.78, 5) is 0.326. The lowest BCUT2D eigenvalue weighted by atomic mass is 9.88. The Balaban J connectivity index is 1.09. The van der Waals surface area contributed by atoms with Crippen molar-refractivity contribution in [3.8, 4) is 16.9 Å². The Morgan fingerprint density at radius 2 is 1.72 bits per heavy atom. The van der Waals surface area contributed by atoms with Gasteiger partial charge in [-0.3, -0.25) is 0 Å². The van der Waals surface area contributed by atoms with Gasteiger partial charge in [0.2, 0.25) is 20.0 Å². The summed E-state index contributed by atoms with van der Waals surface area (Å²) < 4.78 is 79.3. The van der Waals surface area contributed by atoms with Crippen LogP contribution in [0.3, 0.4) is 0 Å². The summed E-state index contributed by atoms with van der Waals surface area (Å²) >= 11 is 0. The smallest absolute Gasteiger partial charge is 0.243 e. The van der Waals surface area contributed by atoms with Gasteiger partial charge in [-0.2, -0.15) is 4.31 Å². The van der Waals surface area contributed by atoms with Gasteiger partial charge < -0.3 is 25.2 Å². The number of hydrogen-bond donors (Lipinski definition) is 4. The zero-order chi connectivity index (χ0) is 33.5. The molecule has 0 amide bonds. The van der Waals surface area contributed by atoms with E-state index in [4.69, 9.17) is 9.47 Å².